The lowest BCUT2D eigenvalue weighted by Crippen LogP contribution is -2.49. The van der Waals surface area contributed by atoms with E-state index in [0.717, 1.165) is 25.2 Å². The van der Waals surface area contributed by atoms with Crippen molar-refractivity contribution >= 4 is 17.3 Å². The molecule has 19 heavy (non-hydrogen) atoms. The topological polar surface area (TPSA) is 49.6 Å². The van der Waals surface area contributed by atoms with Crippen LogP contribution in [0.1, 0.15) is 12.5 Å². The van der Waals surface area contributed by atoms with E-state index >= 15 is 0 Å². The Hall–Kier alpha value is -1.17. The van der Waals surface area contributed by atoms with E-state index in [4.69, 9.17) is 11.6 Å². The van der Waals surface area contributed by atoms with Crippen LogP contribution in [0.25, 0.3) is 0 Å². The van der Waals surface area contributed by atoms with E-state index < -0.39 is 0 Å². The predicted octanol–water partition coefficient (Wildman–Crippen LogP) is 2.38. The van der Waals surface area contributed by atoms with Gasteiger partial charge in [0.2, 0.25) is 0 Å². The Morgan fingerprint density at radius 1 is 1.47 bits per heavy atom. The molecule has 1 fully saturated rings. The molecule has 6 heteroatoms. The predicted molar refractivity (Wildman–Crippen MR) is 75.5 cm³/mol. The van der Waals surface area contributed by atoms with Gasteiger partial charge >= 0.3 is 0 Å². The molecule has 1 atom stereocenters. The first-order valence-electron chi connectivity index (χ1n) is 6.33. The maximum atomic E-state index is 10.8. The third kappa shape index (κ3) is 3.43. The van der Waals surface area contributed by atoms with Gasteiger partial charge in [-0.15, -0.1) is 0 Å². The molecule has 1 unspecified atom stereocenters. The zero-order chi connectivity index (χ0) is 14.0. The number of non-ortho nitro benzene ring substituents is 1. The summed E-state index contributed by atoms with van der Waals surface area (Å²) in [7, 11) is 2.11. The highest BCUT2D eigenvalue weighted by atomic mass is 35.5. The zero-order valence-corrected chi connectivity index (χ0v) is 11.9. The normalized spacial score (nSPS) is 21.5. The molecule has 0 N–H and O–H groups in total. The van der Waals surface area contributed by atoms with Crippen molar-refractivity contribution in [3.63, 3.8) is 0 Å². The van der Waals surface area contributed by atoms with Gasteiger partial charge in [0.1, 0.15) is 0 Å². The minimum atomic E-state index is -0.383. The summed E-state index contributed by atoms with van der Waals surface area (Å²) in [5.41, 5.74) is 0.925. The second-order valence-corrected chi connectivity index (χ2v) is 5.50. The summed E-state index contributed by atoms with van der Waals surface area (Å²) in [6, 6.07) is 5.12. The molecule has 0 spiro atoms. The van der Waals surface area contributed by atoms with Crippen LogP contribution in [0.5, 0.6) is 0 Å². The Morgan fingerprint density at radius 3 is 2.84 bits per heavy atom. The first kappa shape index (κ1) is 14.2. The van der Waals surface area contributed by atoms with E-state index in [-0.39, 0.29) is 10.6 Å². The molecule has 2 rings (SSSR count). The largest absolute Gasteiger partial charge is 0.301 e. The van der Waals surface area contributed by atoms with Gasteiger partial charge in [0.05, 0.1) is 4.92 Å². The summed E-state index contributed by atoms with van der Waals surface area (Å²) < 4.78 is 0. The molecule has 0 amide bonds. The number of nitrogens with zero attached hydrogens (tertiary/aromatic N) is 3. The van der Waals surface area contributed by atoms with Gasteiger partial charge in [0.25, 0.3) is 5.69 Å². The molecule has 0 radical (unpaired) electrons. The maximum absolute atomic E-state index is 10.8. The fourth-order valence-corrected chi connectivity index (χ4v) is 2.48. The molecule has 1 aliphatic rings. The number of nitro benzene ring substituents is 1. The fourth-order valence-electron chi connectivity index (χ4n) is 2.30. The van der Waals surface area contributed by atoms with Gasteiger partial charge in [-0.3, -0.25) is 15.0 Å². The summed E-state index contributed by atoms with van der Waals surface area (Å²) in [5, 5.41) is 11.4. The molecule has 1 saturated heterocycles. The minimum Gasteiger partial charge on any atom is -0.301 e. The summed E-state index contributed by atoms with van der Waals surface area (Å²) in [6.45, 7) is 5.77. The Labute approximate surface area is 117 Å². The van der Waals surface area contributed by atoms with Gasteiger partial charge in [-0.05, 0) is 25.6 Å². The molecule has 1 aromatic rings. The van der Waals surface area contributed by atoms with Crippen molar-refractivity contribution in [2.75, 3.05) is 26.7 Å². The van der Waals surface area contributed by atoms with Crippen LogP contribution in [0, 0.1) is 10.1 Å². The number of piperazine rings is 1. The average Bonchev–Trinajstić information content (AvgIpc) is 2.36. The van der Waals surface area contributed by atoms with Crippen molar-refractivity contribution < 1.29 is 4.92 Å². The van der Waals surface area contributed by atoms with Gasteiger partial charge in [0, 0.05) is 49.4 Å². The standard InChI is InChI=1S/C13H18ClN3O2/c1-10-8-16(6-5-15(10)2)9-11-7-12(17(18)19)3-4-13(11)14/h3-4,7,10H,5-6,8-9H2,1-2H3. The van der Waals surface area contributed by atoms with Gasteiger partial charge < -0.3 is 4.90 Å². The smallest absolute Gasteiger partial charge is 0.269 e. The van der Waals surface area contributed by atoms with Crippen molar-refractivity contribution in [3.8, 4) is 0 Å². The first-order chi connectivity index (χ1) is 8.97. The highest BCUT2D eigenvalue weighted by Gasteiger charge is 2.21. The molecule has 0 saturated carbocycles. The van der Waals surface area contributed by atoms with Crippen LogP contribution in [-0.4, -0.2) is 47.4 Å². The molecule has 0 aromatic heterocycles. The third-order valence-corrected chi connectivity index (χ3v) is 4.05. The molecule has 1 aromatic carbocycles. The van der Waals surface area contributed by atoms with Crippen molar-refractivity contribution in [1.82, 2.24) is 9.80 Å². The highest BCUT2D eigenvalue weighted by Crippen LogP contribution is 2.24. The number of rotatable bonds is 3. The molecular formula is C13H18ClN3O2. The molecular weight excluding hydrogens is 266 g/mol. The molecule has 0 bridgehead atoms. The van der Waals surface area contributed by atoms with Gasteiger partial charge in [-0.2, -0.15) is 0 Å². The van der Waals surface area contributed by atoms with E-state index in [1.54, 1.807) is 12.1 Å². The van der Waals surface area contributed by atoms with Crippen LogP contribution >= 0.6 is 11.6 Å². The lowest BCUT2D eigenvalue weighted by atomic mass is 10.1. The zero-order valence-electron chi connectivity index (χ0n) is 11.2. The van der Waals surface area contributed by atoms with Gasteiger partial charge in [-0.1, -0.05) is 11.6 Å². The first-order valence-corrected chi connectivity index (χ1v) is 6.70. The highest BCUT2D eigenvalue weighted by molar-refractivity contribution is 6.31. The minimum absolute atomic E-state index is 0.0987. The average molecular weight is 284 g/mol. The summed E-state index contributed by atoms with van der Waals surface area (Å²) in [4.78, 5) is 15.0. The van der Waals surface area contributed by atoms with Crippen molar-refractivity contribution in [2.24, 2.45) is 0 Å². The van der Waals surface area contributed by atoms with Gasteiger partial charge in [-0.25, -0.2) is 0 Å². The van der Waals surface area contributed by atoms with E-state index in [9.17, 15) is 10.1 Å². The van der Waals surface area contributed by atoms with E-state index in [1.807, 2.05) is 0 Å². The third-order valence-electron chi connectivity index (χ3n) is 3.68. The van der Waals surface area contributed by atoms with Crippen molar-refractivity contribution in [2.45, 2.75) is 19.5 Å². The number of likely N-dealkylation sites (N-methyl/N-ethyl adjacent to an activating group) is 1. The number of halogens is 1. The van der Waals surface area contributed by atoms with Crippen LogP contribution < -0.4 is 0 Å². The lowest BCUT2D eigenvalue weighted by Gasteiger charge is -2.37. The van der Waals surface area contributed by atoms with Crippen LogP contribution in [-0.2, 0) is 6.54 Å². The Balaban J connectivity index is 2.10. The second kappa shape index (κ2) is 5.86. The van der Waals surface area contributed by atoms with E-state index in [1.165, 1.54) is 6.07 Å². The van der Waals surface area contributed by atoms with Gasteiger partial charge in [0.15, 0.2) is 0 Å². The van der Waals surface area contributed by atoms with E-state index in [2.05, 4.69) is 23.8 Å². The number of nitro groups is 1. The van der Waals surface area contributed by atoms with Crippen molar-refractivity contribution in [1.29, 1.82) is 0 Å². The summed E-state index contributed by atoms with van der Waals surface area (Å²) >= 11 is 6.13. The summed E-state index contributed by atoms with van der Waals surface area (Å²) in [5.74, 6) is 0. The Bertz CT molecular complexity index is 481. The molecule has 1 heterocycles. The fraction of sp³-hybridized carbons (Fsp3) is 0.538. The Morgan fingerprint density at radius 2 is 2.21 bits per heavy atom. The summed E-state index contributed by atoms with van der Waals surface area (Å²) in [6.07, 6.45) is 0. The maximum Gasteiger partial charge on any atom is 0.269 e. The molecule has 104 valence electrons. The second-order valence-electron chi connectivity index (χ2n) is 5.10. The lowest BCUT2D eigenvalue weighted by molar-refractivity contribution is -0.384. The van der Waals surface area contributed by atoms with Crippen LogP contribution in [0.15, 0.2) is 18.2 Å². The molecule has 1 aliphatic heterocycles. The SMILES string of the molecule is CC1CN(Cc2cc([N+](=O)[O-])ccc2Cl)CCN1C. The number of hydrogen-bond donors (Lipinski definition) is 0. The Kier molecular flexibility index (Phi) is 4.39. The van der Waals surface area contributed by atoms with Crippen LogP contribution in [0.2, 0.25) is 5.02 Å². The van der Waals surface area contributed by atoms with E-state index in [0.29, 0.717) is 17.6 Å². The molecule has 0 aliphatic carbocycles. The van der Waals surface area contributed by atoms with Crippen LogP contribution in [0.3, 0.4) is 0 Å². The number of hydrogen-bond acceptors (Lipinski definition) is 4. The van der Waals surface area contributed by atoms with Crippen molar-refractivity contribution in [3.05, 3.63) is 38.9 Å². The number of benzene rings is 1. The molecule has 5 nitrogen and oxygen atoms in total. The quantitative estimate of drug-likeness (QED) is 0.631. The van der Waals surface area contributed by atoms with Crippen LogP contribution in [0.4, 0.5) is 5.69 Å². The monoisotopic (exact) mass is 283 g/mol.